The van der Waals surface area contributed by atoms with Gasteiger partial charge in [-0.1, -0.05) is 12.1 Å². The minimum Gasteiger partial charge on any atom is -0.458 e. The van der Waals surface area contributed by atoms with E-state index in [4.69, 9.17) is 23.7 Å². The van der Waals surface area contributed by atoms with Crippen LogP contribution in [0, 0.1) is 11.8 Å². The highest BCUT2D eigenvalue weighted by atomic mass is 19.4. The van der Waals surface area contributed by atoms with Crippen LogP contribution in [0.3, 0.4) is 0 Å². The molecule has 1 aliphatic heterocycles. The van der Waals surface area contributed by atoms with Crippen LogP contribution in [0.1, 0.15) is 72.4 Å². The summed E-state index contributed by atoms with van der Waals surface area (Å²) < 4.78 is 67.4. The zero-order chi connectivity index (χ0) is 32.3. The number of rotatable bonds is 5. The van der Waals surface area contributed by atoms with Gasteiger partial charge < -0.3 is 23.7 Å². The average molecular weight is 616 g/mol. The summed E-state index contributed by atoms with van der Waals surface area (Å²) in [7, 11) is 0. The third-order valence-electron chi connectivity index (χ3n) is 6.54. The fraction of sp³-hybridized carbons (Fsp3) is 0.667. The van der Waals surface area contributed by atoms with Gasteiger partial charge >= 0.3 is 30.3 Å². The molecule has 1 aromatic carbocycles. The summed E-state index contributed by atoms with van der Waals surface area (Å²) in [6.07, 6.45) is -7.49. The molecule has 4 unspecified atom stereocenters. The van der Waals surface area contributed by atoms with Gasteiger partial charge in [-0.25, -0.2) is 14.4 Å². The van der Waals surface area contributed by atoms with Crippen LogP contribution in [-0.2, 0) is 45.9 Å². The van der Waals surface area contributed by atoms with Crippen LogP contribution in [0.25, 0.3) is 0 Å². The van der Waals surface area contributed by atoms with Crippen LogP contribution in [0.5, 0.6) is 0 Å². The molecule has 0 radical (unpaired) electrons. The molecule has 1 aromatic rings. The molecule has 0 bridgehead atoms. The molecule has 10 nitrogen and oxygen atoms in total. The topological polar surface area (TPSA) is 118 Å². The molecule has 2 fully saturated rings. The summed E-state index contributed by atoms with van der Waals surface area (Å²) in [5.41, 5.74) is -2.35. The average Bonchev–Trinajstić information content (AvgIpc) is 3.68. The number of amides is 2. The molecule has 1 heterocycles. The van der Waals surface area contributed by atoms with Gasteiger partial charge in [-0.3, -0.25) is 4.79 Å². The second kappa shape index (κ2) is 13.1. The number of hydrogen-bond donors (Lipinski definition) is 0. The van der Waals surface area contributed by atoms with Crippen molar-refractivity contribution in [1.29, 1.82) is 0 Å². The van der Waals surface area contributed by atoms with E-state index in [1.54, 1.807) is 41.5 Å². The fourth-order valence-electron chi connectivity index (χ4n) is 4.39. The Morgan fingerprint density at radius 1 is 0.907 bits per heavy atom. The Kier molecular flexibility index (Phi) is 10.4. The predicted octanol–water partition coefficient (Wildman–Crippen LogP) is 5.69. The van der Waals surface area contributed by atoms with E-state index in [9.17, 15) is 32.3 Å². The normalized spacial score (nSPS) is 23.6. The molecule has 0 N–H and O–H groups in total. The number of nitrogens with zero attached hydrogens (tertiary/aromatic N) is 1. The van der Waals surface area contributed by atoms with Crippen molar-refractivity contribution < 1.29 is 56.0 Å². The molecular weight excluding hydrogens is 575 g/mol. The number of halogens is 3. The number of alkyl halides is 3. The molecule has 2 amide bonds. The number of ether oxygens (including phenoxy) is 5. The van der Waals surface area contributed by atoms with Crippen LogP contribution in [0.4, 0.5) is 22.8 Å². The highest BCUT2D eigenvalue weighted by Gasteiger charge is 2.45. The lowest BCUT2D eigenvalue weighted by Crippen LogP contribution is -2.54. The Hall–Kier alpha value is -3.35. The molecule has 0 spiro atoms. The van der Waals surface area contributed by atoms with Gasteiger partial charge in [-0.05, 0) is 85.4 Å². The number of carbonyl (C=O) groups is 4. The summed E-state index contributed by atoms with van der Waals surface area (Å²) in [5, 5.41) is 0. The lowest BCUT2D eigenvalue weighted by molar-refractivity contribution is -0.173. The molecule has 43 heavy (non-hydrogen) atoms. The number of benzene rings is 1. The van der Waals surface area contributed by atoms with Crippen molar-refractivity contribution in [2.75, 3.05) is 13.2 Å². The number of imide groups is 1. The maximum Gasteiger partial charge on any atom is 0.420 e. The van der Waals surface area contributed by atoms with Gasteiger partial charge in [0.15, 0.2) is 6.04 Å². The van der Waals surface area contributed by atoms with Gasteiger partial charge in [0.2, 0.25) is 0 Å². The minimum atomic E-state index is -4.51. The molecule has 3 rings (SSSR count). The SMILES string of the molecule is CC1OC(=O)C(N(C(=O)OC(C)(C)C)C(=O)OC(C)(C)C)COCC(Cc2ccc(C(F)(F)F)cc2)C1OC(=O)C1CC1. The summed E-state index contributed by atoms with van der Waals surface area (Å²) in [4.78, 5) is 53.0. The zero-order valence-corrected chi connectivity index (χ0v) is 25.5. The summed E-state index contributed by atoms with van der Waals surface area (Å²) >= 11 is 0. The number of hydrogen-bond acceptors (Lipinski definition) is 9. The minimum absolute atomic E-state index is 0.120. The third-order valence-corrected chi connectivity index (χ3v) is 6.54. The van der Waals surface area contributed by atoms with Crippen LogP contribution in [-0.4, -0.2) is 71.7 Å². The van der Waals surface area contributed by atoms with Gasteiger partial charge in [0.1, 0.15) is 23.4 Å². The monoisotopic (exact) mass is 615 g/mol. The van der Waals surface area contributed by atoms with Gasteiger partial charge in [-0.2, -0.15) is 18.1 Å². The highest BCUT2D eigenvalue weighted by molar-refractivity contribution is 5.94. The van der Waals surface area contributed by atoms with Crippen molar-refractivity contribution in [3.05, 3.63) is 35.4 Å². The fourth-order valence-corrected chi connectivity index (χ4v) is 4.39. The van der Waals surface area contributed by atoms with Crippen LogP contribution in [0.15, 0.2) is 24.3 Å². The Morgan fingerprint density at radius 2 is 1.44 bits per heavy atom. The van der Waals surface area contributed by atoms with Gasteiger partial charge in [-0.15, -0.1) is 0 Å². The first kappa shape index (κ1) is 34.1. The van der Waals surface area contributed by atoms with Crippen LogP contribution >= 0.6 is 0 Å². The van der Waals surface area contributed by atoms with Gasteiger partial charge in [0, 0.05) is 5.92 Å². The second-order valence-corrected chi connectivity index (χ2v) is 12.9. The van der Waals surface area contributed by atoms with Gasteiger partial charge in [0.05, 0.1) is 24.7 Å². The lowest BCUT2D eigenvalue weighted by Gasteiger charge is -2.32. The largest absolute Gasteiger partial charge is 0.458 e. The molecule has 1 aliphatic carbocycles. The molecule has 0 aromatic heterocycles. The maximum absolute atomic E-state index is 13.5. The maximum atomic E-state index is 13.5. The molecule has 240 valence electrons. The van der Waals surface area contributed by atoms with E-state index in [0.717, 1.165) is 12.1 Å². The van der Waals surface area contributed by atoms with Crippen molar-refractivity contribution in [3.8, 4) is 0 Å². The number of esters is 2. The Bertz CT molecular complexity index is 1140. The first-order chi connectivity index (χ1) is 19.7. The second-order valence-electron chi connectivity index (χ2n) is 12.9. The van der Waals surface area contributed by atoms with E-state index < -0.39 is 77.8 Å². The first-order valence-electron chi connectivity index (χ1n) is 14.1. The number of cyclic esters (lactones) is 1. The summed E-state index contributed by atoms with van der Waals surface area (Å²) in [6.45, 7) is 10.4. The van der Waals surface area contributed by atoms with Crippen molar-refractivity contribution in [2.45, 2.75) is 103 Å². The highest BCUT2D eigenvalue weighted by Crippen LogP contribution is 2.34. The van der Waals surface area contributed by atoms with Gasteiger partial charge in [0.25, 0.3) is 0 Å². The van der Waals surface area contributed by atoms with E-state index >= 15 is 0 Å². The quantitative estimate of drug-likeness (QED) is 0.304. The summed E-state index contributed by atoms with van der Waals surface area (Å²) in [6, 6.07) is 2.94. The Morgan fingerprint density at radius 3 is 1.91 bits per heavy atom. The summed E-state index contributed by atoms with van der Waals surface area (Å²) in [5.74, 6) is -2.44. The number of carbonyl (C=O) groups excluding carboxylic acids is 4. The van der Waals surface area contributed by atoms with E-state index in [1.165, 1.54) is 19.1 Å². The standard InChI is InChI=1S/C30H40F3NO9/c1-17-23(41-24(35)19-10-11-19)20(14-18-8-12-21(13-9-18)30(31,32)33)15-39-16-22(25(36)40-17)34(26(37)42-28(2,3)4)27(38)43-29(5,6)7/h8-9,12-13,17,19-20,22-23H,10-11,14-16H2,1-7H3. The Labute approximate surface area is 249 Å². The molecular formula is C30H40F3NO9. The molecule has 2 aliphatic rings. The molecule has 4 atom stereocenters. The molecule has 1 saturated carbocycles. The first-order valence-corrected chi connectivity index (χ1v) is 14.1. The van der Waals surface area contributed by atoms with E-state index in [0.29, 0.717) is 23.3 Å². The van der Waals surface area contributed by atoms with Crippen LogP contribution in [0.2, 0.25) is 0 Å². The molecule has 1 saturated heterocycles. The smallest absolute Gasteiger partial charge is 0.420 e. The van der Waals surface area contributed by atoms with Crippen molar-refractivity contribution in [1.82, 2.24) is 4.90 Å². The Balaban J connectivity index is 1.92. The van der Waals surface area contributed by atoms with Crippen molar-refractivity contribution >= 4 is 24.1 Å². The van der Waals surface area contributed by atoms with E-state index in [1.807, 2.05) is 0 Å². The van der Waals surface area contributed by atoms with E-state index in [2.05, 4.69) is 0 Å². The van der Waals surface area contributed by atoms with Crippen molar-refractivity contribution in [2.24, 2.45) is 11.8 Å². The van der Waals surface area contributed by atoms with Crippen molar-refractivity contribution in [3.63, 3.8) is 0 Å². The third kappa shape index (κ3) is 10.1. The lowest BCUT2D eigenvalue weighted by atomic mass is 9.91. The van der Waals surface area contributed by atoms with Crippen LogP contribution < -0.4 is 0 Å². The zero-order valence-electron chi connectivity index (χ0n) is 25.5. The molecule has 13 heteroatoms. The van der Waals surface area contributed by atoms with E-state index in [-0.39, 0.29) is 18.9 Å². The predicted molar refractivity (Wildman–Crippen MR) is 146 cm³/mol.